The molecule has 0 radical (unpaired) electrons. The molecule has 0 aromatic carbocycles. The third-order valence-corrected chi connectivity index (χ3v) is 2.04. The molecule has 0 fully saturated rings. The number of rotatable bonds is 2. The van der Waals surface area contributed by atoms with E-state index in [9.17, 15) is 4.79 Å². The van der Waals surface area contributed by atoms with E-state index in [4.69, 9.17) is 4.42 Å². The molecule has 0 aliphatic carbocycles. The molecule has 0 saturated heterocycles. The molecule has 0 amide bonds. The molecule has 2 heterocycles. The summed E-state index contributed by atoms with van der Waals surface area (Å²) >= 11 is 0. The first kappa shape index (κ1) is 8.68. The first-order chi connectivity index (χ1) is 6.72. The van der Waals surface area contributed by atoms with E-state index in [0.29, 0.717) is 23.4 Å². The maximum atomic E-state index is 10.6. The lowest BCUT2D eigenvalue weighted by Crippen LogP contribution is -1.84. The van der Waals surface area contributed by atoms with Gasteiger partial charge in [-0.2, -0.15) is 5.10 Å². The highest BCUT2D eigenvalue weighted by molar-refractivity contribution is 5.83. The minimum atomic E-state index is 0.402. The van der Waals surface area contributed by atoms with Gasteiger partial charge in [-0.3, -0.25) is 9.89 Å². The van der Waals surface area contributed by atoms with Crippen LogP contribution < -0.4 is 0 Å². The largest absolute Gasteiger partial charge is 0.440 e. The number of aromatic amines is 1. The lowest BCUT2D eigenvalue weighted by molar-refractivity contribution is 0.112. The molecule has 14 heavy (non-hydrogen) atoms. The van der Waals surface area contributed by atoms with Gasteiger partial charge in [0, 0.05) is 0 Å². The summed E-state index contributed by atoms with van der Waals surface area (Å²) < 4.78 is 5.36. The Hall–Kier alpha value is -1.91. The number of hydrogen-bond acceptors (Lipinski definition) is 4. The van der Waals surface area contributed by atoms with Gasteiger partial charge in [-0.25, -0.2) is 4.98 Å². The number of aryl methyl sites for hydroxylation is 2. The highest BCUT2D eigenvalue weighted by atomic mass is 16.4. The molecule has 0 aliphatic heterocycles. The lowest BCUT2D eigenvalue weighted by Gasteiger charge is -1.89. The summed E-state index contributed by atoms with van der Waals surface area (Å²) in [5.74, 6) is 1.14. The molecule has 2 rings (SSSR count). The van der Waals surface area contributed by atoms with Crippen LogP contribution in [0.15, 0.2) is 10.6 Å². The smallest absolute Gasteiger partial charge is 0.245 e. The predicted octanol–water partition coefficient (Wildman–Crippen LogP) is 1.49. The summed E-state index contributed by atoms with van der Waals surface area (Å²) in [6, 6.07) is 0. The van der Waals surface area contributed by atoms with Gasteiger partial charge < -0.3 is 4.42 Å². The molecule has 0 aliphatic rings. The van der Waals surface area contributed by atoms with Gasteiger partial charge in [-0.1, -0.05) is 0 Å². The van der Waals surface area contributed by atoms with Crippen molar-refractivity contribution in [3.8, 4) is 11.6 Å². The Morgan fingerprint density at radius 3 is 2.86 bits per heavy atom. The van der Waals surface area contributed by atoms with E-state index in [1.165, 1.54) is 6.20 Å². The Labute approximate surface area is 80.2 Å². The van der Waals surface area contributed by atoms with E-state index in [1.807, 2.05) is 13.8 Å². The zero-order valence-corrected chi connectivity index (χ0v) is 7.87. The van der Waals surface area contributed by atoms with E-state index in [1.54, 1.807) is 0 Å². The van der Waals surface area contributed by atoms with Crippen LogP contribution in [-0.2, 0) is 0 Å². The fraction of sp³-hybridized carbons (Fsp3) is 0.222. The third-order valence-electron chi connectivity index (χ3n) is 2.04. The Morgan fingerprint density at radius 2 is 2.29 bits per heavy atom. The molecular formula is C9H9N3O2. The quantitative estimate of drug-likeness (QED) is 0.730. The average Bonchev–Trinajstić information content (AvgIpc) is 2.73. The van der Waals surface area contributed by atoms with Crippen LogP contribution in [0.5, 0.6) is 0 Å². The number of oxazole rings is 1. The van der Waals surface area contributed by atoms with Gasteiger partial charge >= 0.3 is 0 Å². The number of H-pyrrole nitrogens is 1. The summed E-state index contributed by atoms with van der Waals surface area (Å²) in [5, 5.41) is 6.43. The second kappa shape index (κ2) is 3.10. The van der Waals surface area contributed by atoms with Gasteiger partial charge in [0.05, 0.1) is 17.5 Å². The van der Waals surface area contributed by atoms with Crippen molar-refractivity contribution in [3.63, 3.8) is 0 Å². The van der Waals surface area contributed by atoms with Crippen LogP contribution in [-0.4, -0.2) is 21.5 Å². The summed E-state index contributed by atoms with van der Waals surface area (Å²) in [4.78, 5) is 14.8. The molecule has 72 valence electrons. The molecule has 5 nitrogen and oxygen atoms in total. The summed E-state index contributed by atoms with van der Waals surface area (Å²) in [6.07, 6.45) is 2.16. The van der Waals surface area contributed by atoms with Crippen molar-refractivity contribution >= 4 is 6.29 Å². The second-order valence-electron chi connectivity index (χ2n) is 2.98. The molecule has 0 bridgehead atoms. The van der Waals surface area contributed by atoms with Crippen LogP contribution in [0.3, 0.4) is 0 Å². The van der Waals surface area contributed by atoms with Crippen molar-refractivity contribution in [2.45, 2.75) is 13.8 Å². The second-order valence-corrected chi connectivity index (χ2v) is 2.98. The van der Waals surface area contributed by atoms with Gasteiger partial charge in [0.15, 0.2) is 6.29 Å². The molecule has 5 heteroatoms. The van der Waals surface area contributed by atoms with Crippen molar-refractivity contribution in [1.29, 1.82) is 0 Å². The predicted molar refractivity (Wildman–Crippen MR) is 48.9 cm³/mol. The van der Waals surface area contributed by atoms with E-state index in [2.05, 4.69) is 15.2 Å². The first-order valence-corrected chi connectivity index (χ1v) is 4.15. The highest BCUT2D eigenvalue weighted by Crippen LogP contribution is 2.21. The van der Waals surface area contributed by atoms with E-state index < -0.39 is 0 Å². The van der Waals surface area contributed by atoms with Gasteiger partial charge in [0.2, 0.25) is 5.89 Å². The number of aromatic nitrogens is 3. The summed E-state index contributed by atoms with van der Waals surface area (Å²) in [6.45, 7) is 3.67. The Balaban J connectivity index is 2.54. The molecule has 0 unspecified atom stereocenters. The molecule has 2 aromatic heterocycles. The summed E-state index contributed by atoms with van der Waals surface area (Å²) in [5.41, 5.74) is 1.79. The van der Waals surface area contributed by atoms with Gasteiger partial charge in [0.1, 0.15) is 11.5 Å². The van der Waals surface area contributed by atoms with E-state index in [-0.39, 0.29) is 0 Å². The molecule has 1 N–H and O–H groups in total. The number of carbonyl (C=O) groups excluding carboxylic acids is 1. The zero-order valence-electron chi connectivity index (χ0n) is 7.87. The van der Waals surface area contributed by atoms with Crippen LogP contribution in [0.25, 0.3) is 11.6 Å². The van der Waals surface area contributed by atoms with Gasteiger partial charge in [-0.05, 0) is 13.8 Å². The van der Waals surface area contributed by atoms with Crippen molar-refractivity contribution in [2.24, 2.45) is 0 Å². The number of nitrogens with zero attached hydrogens (tertiary/aromatic N) is 2. The van der Waals surface area contributed by atoms with E-state index >= 15 is 0 Å². The fourth-order valence-electron chi connectivity index (χ4n) is 1.14. The maximum absolute atomic E-state index is 10.6. The molecule has 0 atom stereocenters. The fourth-order valence-corrected chi connectivity index (χ4v) is 1.14. The standard InChI is InChI=1S/C9H9N3O2/c1-5-6(2)14-9(11-5)8-7(4-13)3-10-12-8/h3-4H,1-2H3,(H,10,12). The van der Waals surface area contributed by atoms with Gasteiger partial charge in [-0.15, -0.1) is 0 Å². The molecule has 0 saturated carbocycles. The van der Waals surface area contributed by atoms with Crippen LogP contribution in [0.2, 0.25) is 0 Å². The minimum absolute atomic E-state index is 0.402. The van der Waals surface area contributed by atoms with Crippen LogP contribution >= 0.6 is 0 Å². The SMILES string of the molecule is Cc1nc(-c2[nH]ncc2C=O)oc1C. The Kier molecular flexibility index (Phi) is 1.92. The Bertz CT molecular complexity index is 451. The maximum Gasteiger partial charge on any atom is 0.245 e. The normalized spacial score (nSPS) is 10.4. The van der Waals surface area contributed by atoms with Crippen LogP contribution in [0.1, 0.15) is 21.8 Å². The highest BCUT2D eigenvalue weighted by Gasteiger charge is 2.13. The molecular weight excluding hydrogens is 182 g/mol. The van der Waals surface area contributed by atoms with E-state index in [0.717, 1.165) is 11.5 Å². The number of aldehydes is 1. The average molecular weight is 191 g/mol. The Morgan fingerprint density at radius 1 is 1.50 bits per heavy atom. The molecule has 2 aromatic rings. The van der Waals surface area contributed by atoms with Crippen molar-refractivity contribution in [3.05, 3.63) is 23.2 Å². The van der Waals surface area contributed by atoms with Crippen molar-refractivity contribution in [1.82, 2.24) is 15.2 Å². The third kappa shape index (κ3) is 1.22. The van der Waals surface area contributed by atoms with Crippen LogP contribution in [0, 0.1) is 13.8 Å². The zero-order chi connectivity index (χ0) is 10.1. The monoisotopic (exact) mass is 191 g/mol. The topological polar surface area (TPSA) is 71.8 Å². The number of carbonyl (C=O) groups is 1. The van der Waals surface area contributed by atoms with Crippen molar-refractivity contribution < 1.29 is 9.21 Å². The summed E-state index contributed by atoms with van der Waals surface area (Å²) in [7, 11) is 0. The number of hydrogen-bond donors (Lipinski definition) is 1. The first-order valence-electron chi connectivity index (χ1n) is 4.15. The lowest BCUT2D eigenvalue weighted by atomic mass is 10.3. The van der Waals surface area contributed by atoms with Crippen LogP contribution in [0.4, 0.5) is 0 Å². The minimum Gasteiger partial charge on any atom is -0.440 e. The van der Waals surface area contributed by atoms with Crippen molar-refractivity contribution in [2.75, 3.05) is 0 Å². The molecule has 0 spiro atoms. The number of nitrogens with one attached hydrogen (secondary N) is 1. The van der Waals surface area contributed by atoms with Gasteiger partial charge in [0.25, 0.3) is 0 Å².